The van der Waals surface area contributed by atoms with Crippen molar-refractivity contribution in [2.45, 2.75) is 31.9 Å². The van der Waals surface area contributed by atoms with Crippen LogP contribution in [0.3, 0.4) is 0 Å². The van der Waals surface area contributed by atoms with Gasteiger partial charge in [0.2, 0.25) is 0 Å². The van der Waals surface area contributed by atoms with Gasteiger partial charge in [0.05, 0.1) is 12.7 Å². The van der Waals surface area contributed by atoms with Gasteiger partial charge in [-0.25, -0.2) is 0 Å². The molecule has 0 N–H and O–H groups in total. The molecule has 4 heterocycles. The van der Waals surface area contributed by atoms with E-state index in [1.165, 1.54) is 0 Å². The van der Waals surface area contributed by atoms with Gasteiger partial charge in [-0.2, -0.15) is 5.10 Å². The monoisotopic (exact) mass is 298 g/mol. The van der Waals surface area contributed by atoms with Gasteiger partial charge < -0.3 is 9.64 Å². The van der Waals surface area contributed by atoms with Crippen molar-refractivity contribution in [3.63, 3.8) is 0 Å². The fourth-order valence-electron chi connectivity index (χ4n) is 3.14. The van der Waals surface area contributed by atoms with E-state index in [-0.39, 0.29) is 12.0 Å². The lowest BCUT2D eigenvalue weighted by Gasteiger charge is -2.14. The van der Waals surface area contributed by atoms with Crippen molar-refractivity contribution >= 4 is 5.91 Å². The van der Waals surface area contributed by atoms with Crippen LogP contribution >= 0.6 is 0 Å². The van der Waals surface area contributed by atoms with Crippen LogP contribution in [0.15, 0.2) is 30.6 Å². The number of amides is 1. The Morgan fingerprint density at radius 3 is 2.91 bits per heavy atom. The van der Waals surface area contributed by atoms with E-state index in [9.17, 15) is 4.79 Å². The van der Waals surface area contributed by atoms with E-state index in [1.807, 2.05) is 27.8 Å². The van der Waals surface area contributed by atoms with Crippen LogP contribution in [0.4, 0.5) is 0 Å². The van der Waals surface area contributed by atoms with Crippen LogP contribution in [0.2, 0.25) is 0 Å². The van der Waals surface area contributed by atoms with E-state index in [2.05, 4.69) is 10.1 Å². The Kier molecular flexibility index (Phi) is 3.29. The molecule has 0 aliphatic carbocycles. The van der Waals surface area contributed by atoms with Crippen LogP contribution in [0.5, 0.6) is 5.75 Å². The van der Waals surface area contributed by atoms with Crippen molar-refractivity contribution in [1.29, 1.82) is 0 Å². The summed E-state index contributed by atoms with van der Waals surface area (Å²) >= 11 is 0. The lowest BCUT2D eigenvalue weighted by Crippen LogP contribution is -2.28. The Morgan fingerprint density at radius 1 is 1.32 bits per heavy atom. The number of hydrogen-bond acceptors (Lipinski definition) is 4. The van der Waals surface area contributed by atoms with E-state index in [0.717, 1.165) is 43.8 Å². The van der Waals surface area contributed by atoms with Crippen LogP contribution < -0.4 is 4.74 Å². The molecule has 22 heavy (non-hydrogen) atoms. The largest absolute Gasteiger partial charge is 0.486 e. The van der Waals surface area contributed by atoms with Crippen molar-refractivity contribution in [1.82, 2.24) is 19.7 Å². The van der Waals surface area contributed by atoms with E-state index < -0.39 is 0 Å². The van der Waals surface area contributed by atoms with Crippen LogP contribution in [-0.4, -0.2) is 44.8 Å². The number of carbonyl (C=O) groups excluding carboxylic acids is 1. The normalized spacial score (nSPS) is 20.2. The summed E-state index contributed by atoms with van der Waals surface area (Å²) < 4.78 is 7.79. The summed E-state index contributed by atoms with van der Waals surface area (Å²) in [5, 5.41) is 4.46. The quantitative estimate of drug-likeness (QED) is 0.862. The van der Waals surface area contributed by atoms with E-state index in [4.69, 9.17) is 4.74 Å². The molecular weight excluding hydrogens is 280 g/mol. The molecule has 0 radical (unpaired) electrons. The highest BCUT2D eigenvalue weighted by Crippen LogP contribution is 2.22. The summed E-state index contributed by atoms with van der Waals surface area (Å²) in [5.74, 6) is 0.829. The van der Waals surface area contributed by atoms with Gasteiger partial charge in [-0.3, -0.25) is 14.5 Å². The third kappa shape index (κ3) is 2.45. The first kappa shape index (κ1) is 13.3. The number of carbonyl (C=O) groups is 1. The number of likely N-dealkylation sites (tertiary alicyclic amines) is 1. The summed E-state index contributed by atoms with van der Waals surface area (Å²) in [6, 6.07) is 5.67. The molecule has 2 aliphatic rings. The van der Waals surface area contributed by atoms with Crippen LogP contribution in [0.25, 0.3) is 0 Å². The molecule has 6 nitrogen and oxygen atoms in total. The maximum absolute atomic E-state index is 12.3. The molecule has 2 aromatic rings. The second kappa shape index (κ2) is 5.44. The van der Waals surface area contributed by atoms with Gasteiger partial charge in [0.15, 0.2) is 5.69 Å². The molecule has 0 bridgehead atoms. The first-order valence-electron chi connectivity index (χ1n) is 7.72. The number of nitrogens with zero attached hydrogens (tertiary/aromatic N) is 4. The van der Waals surface area contributed by atoms with Gasteiger partial charge in [-0.1, -0.05) is 0 Å². The predicted octanol–water partition coefficient (Wildman–Crippen LogP) is 1.52. The molecular formula is C16H18N4O2. The fourth-order valence-corrected chi connectivity index (χ4v) is 3.14. The highest BCUT2D eigenvalue weighted by atomic mass is 16.5. The predicted molar refractivity (Wildman–Crippen MR) is 79.7 cm³/mol. The Hall–Kier alpha value is -2.37. The van der Waals surface area contributed by atoms with Gasteiger partial charge in [-0.15, -0.1) is 0 Å². The minimum absolute atomic E-state index is 0.0580. The lowest BCUT2D eigenvalue weighted by molar-refractivity contribution is 0.0785. The third-order valence-electron chi connectivity index (χ3n) is 4.23. The molecule has 0 saturated carbocycles. The van der Waals surface area contributed by atoms with E-state index in [1.54, 1.807) is 12.4 Å². The highest BCUT2D eigenvalue weighted by Gasteiger charge is 2.28. The Morgan fingerprint density at radius 2 is 2.18 bits per heavy atom. The van der Waals surface area contributed by atoms with Crippen molar-refractivity contribution in [3.05, 3.63) is 42.0 Å². The molecule has 2 aliphatic heterocycles. The number of rotatable bonds is 3. The maximum atomic E-state index is 12.3. The first-order chi connectivity index (χ1) is 10.8. The molecule has 2 aromatic heterocycles. The summed E-state index contributed by atoms with van der Waals surface area (Å²) in [6.45, 7) is 2.39. The molecule has 1 amide bonds. The SMILES string of the molecule is O=C(c1cc2n(n1)C[C@@H](Oc1cccnc1)C2)N1CCCC1. The zero-order chi connectivity index (χ0) is 14.9. The number of aromatic nitrogens is 3. The number of pyridine rings is 1. The summed E-state index contributed by atoms with van der Waals surface area (Å²) in [7, 11) is 0. The molecule has 114 valence electrons. The Bertz CT molecular complexity index is 653. The summed E-state index contributed by atoms with van der Waals surface area (Å²) in [5.41, 5.74) is 1.63. The summed E-state index contributed by atoms with van der Waals surface area (Å²) in [6.07, 6.45) is 6.46. The van der Waals surface area contributed by atoms with E-state index >= 15 is 0 Å². The highest BCUT2D eigenvalue weighted by molar-refractivity contribution is 5.92. The number of fused-ring (bicyclic) bond motifs is 1. The smallest absolute Gasteiger partial charge is 0.274 e. The minimum atomic E-state index is 0.0580. The third-order valence-corrected chi connectivity index (χ3v) is 4.23. The van der Waals surface area contributed by atoms with Gasteiger partial charge in [0.1, 0.15) is 11.9 Å². The Labute approximate surface area is 128 Å². The van der Waals surface area contributed by atoms with Crippen molar-refractivity contribution in [2.24, 2.45) is 0 Å². The second-order valence-electron chi connectivity index (χ2n) is 5.84. The number of ether oxygens (including phenoxy) is 1. The van der Waals surface area contributed by atoms with Gasteiger partial charge in [0.25, 0.3) is 5.91 Å². The molecule has 0 aromatic carbocycles. The molecule has 6 heteroatoms. The Balaban J connectivity index is 1.43. The molecule has 1 saturated heterocycles. The molecule has 1 atom stereocenters. The van der Waals surface area contributed by atoms with Crippen molar-refractivity contribution in [3.8, 4) is 5.75 Å². The van der Waals surface area contributed by atoms with Gasteiger partial charge >= 0.3 is 0 Å². The topological polar surface area (TPSA) is 60.3 Å². The van der Waals surface area contributed by atoms with Crippen molar-refractivity contribution in [2.75, 3.05) is 13.1 Å². The summed E-state index contributed by atoms with van der Waals surface area (Å²) in [4.78, 5) is 18.3. The second-order valence-corrected chi connectivity index (χ2v) is 5.84. The average molecular weight is 298 g/mol. The minimum Gasteiger partial charge on any atom is -0.486 e. The standard InChI is InChI=1S/C16H18N4O2/c21-16(19-6-1-2-7-19)15-9-12-8-14(11-20(12)18-15)22-13-4-3-5-17-10-13/h3-5,9-10,14H,1-2,6-8,11H2/t14-/m0/s1. The maximum Gasteiger partial charge on any atom is 0.274 e. The zero-order valence-corrected chi connectivity index (χ0v) is 12.3. The zero-order valence-electron chi connectivity index (χ0n) is 12.3. The van der Waals surface area contributed by atoms with Gasteiger partial charge in [-0.05, 0) is 31.0 Å². The van der Waals surface area contributed by atoms with Crippen molar-refractivity contribution < 1.29 is 9.53 Å². The number of hydrogen-bond donors (Lipinski definition) is 0. The fraction of sp³-hybridized carbons (Fsp3) is 0.438. The van der Waals surface area contributed by atoms with Crippen LogP contribution in [-0.2, 0) is 13.0 Å². The van der Waals surface area contributed by atoms with E-state index in [0.29, 0.717) is 12.2 Å². The first-order valence-corrected chi connectivity index (χ1v) is 7.72. The average Bonchev–Trinajstić information content (AvgIpc) is 3.23. The van der Waals surface area contributed by atoms with Crippen LogP contribution in [0, 0.1) is 0 Å². The molecule has 0 spiro atoms. The lowest BCUT2D eigenvalue weighted by atomic mass is 10.2. The molecule has 0 unspecified atom stereocenters. The van der Waals surface area contributed by atoms with Gasteiger partial charge in [0, 0.05) is 31.4 Å². The van der Waals surface area contributed by atoms with Crippen LogP contribution in [0.1, 0.15) is 29.0 Å². The molecule has 4 rings (SSSR count). The molecule has 1 fully saturated rings.